The highest BCUT2D eigenvalue weighted by Crippen LogP contribution is 2.19. The maximum atomic E-state index is 11.7. The number of hydrogen-bond donors (Lipinski definition) is 0. The first-order valence-corrected chi connectivity index (χ1v) is 8.80. The molecule has 3 rings (SSSR count). The minimum Gasteiger partial charge on any atom is -0.462 e. The van der Waals surface area contributed by atoms with Gasteiger partial charge in [0.15, 0.2) is 0 Å². The van der Waals surface area contributed by atoms with Gasteiger partial charge in [0.2, 0.25) is 0 Å². The number of aromatic nitrogens is 2. The largest absolute Gasteiger partial charge is 0.462 e. The molecule has 6 nitrogen and oxygen atoms in total. The summed E-state index contributed by atoms with van der Waals surface area (Å²) in [5.41, 5.74) is 0.479. The molecule has 0 unspecified atom stereocenters. The molecule has 1 fully saturated rings. The third-order valence-electron chi connectivity index (χ3n) is 4.11. The van der Waals surface area contributed by atoms with Crippen molar-refractivity contribution in [2.24, 2.45) is 0 Å². The maximum absolute atomic E-state index is 11.7. The number of anilines is 2. The minimum atomic E-state index is -0.336. The molecular formula is C18H21ClN4O2. The Hall–Kier alpha value is -2.34. The van der Waals surface area contributed by atoms with E-state index in [1.54, 1.807) is 25.4 Å². The summed E-state index contributed by atoms with van der Waals surface area (Å²) in [6, 6.07) is 7.46. The molecular weight excluding hydrogens is 340 g/mol. The van der Waals surface area contributed by atoms with Crippen molar-refractivity contribution in [1.82, 2.24) is 9.97 Å². The lowest BCUT2D eigenvalue weighted by atomic mass is 10.2. The number of halogens is 1. The molecule has 7 heteroatoms. The first kappa shape index (κ1) is 17.5. The van der Waals surface area contributed by atoms with Crippen LogP contribution in [0.4, 0.5) is 11.6 Å². The van der Waals surface area contributed by atoms with E-state index in [1.165, 1.54) is 0 Å². The van der Waals surface area contributed by atoms with E-state index in [-0.39, 0.29) is 5.97 Å². The summed E-state index contributed by atoms with van der Waals surface area (Å²) in [5.74, 6) is 1.48. The SMILES string of the molecule is CCOC(=O)c1ccc(N2CCCN(c3ccc(Cl)cn3)CC2)nc1. The van der Waals surface area contributed by atoms with Gasteiger partial charge < -0.3 is 14.5 Å². The van der Waals surface area contributed by atoms with Crippen LogP contribution in [0.15, 0.2) is 36.7 Å². The van der Waals surface area contributed by atoms with E-state index in [0.29, 0.717) is 17.2 Å². The lowest BCUT2D eigenvalue weighted by Crippen LogP contribution is -2.31. The number of nitrogens with zero attached hydrogens (tertiary/aromatic N) is 4. The monoisotopic (exact) mass is 360 g/mol. The van der Waals surface area contributed by atoms with Crippen molar-refractivity contribution in [3.63, 3.8) is 0 Å². The van der Waals surface area contributed by atoms with Crippen molar-refractivity contribution in [2.45, 2.75) is 13.3 Å². The summed E-state index contributed by atoms with van der Waals surface area (Å²) in [6.07, 6.45) is 4.26. The number of pyridine rings is 2. The van der Waals surface area contributed by atoms with Crippen LogP contribution in [0.2, 0.25) is 5.02 Å². The second-order valence-corrected chi connectivity index (χ2v) is 6.22. The van der Waals surface area contributed by atoms with Crippen LogP contribution in [-0.2, 0) is 4.74 Å². The van der Waals surface area contributed by atoms with Gasteiger partial charge in [-0.3, -0.25) is 0 Å². The average molecular weight is 361 g/mol. The highest BCUT2D eigenvalue weighted by atomic mass is 35.5. The second kappa shape index (κ2) is 8.16. The summed E-state index contributed by atoms with van der Waals surface area (Å²) in [7, 11) is 0. The maximum Gasteiger partial charge on any atom is 0.339 e. The standard InChI is InChI=1S/C18H21ClN4O2/c1-2-25-18(24)14-4-6-16(20-12-14)22-8-3-9-23(11-10-22)17-7-5-15(19)13-21-17/h4-7,12-13H,2-3,8-11H2,1H3. The Labute approximate surface area is 152 Å². The normalized spacial score (nSPS) is 15.0. The van der Waals surface area contributed by atoms with Crippen LogP contribution in [-0.4, -0.2) is 48.7 Å². The highest BCUT2D eigenvalue weighted by Gasteiger charge is 2.17. The summed E-state index contributed by atoms with van der Waals surface area (Å²) >= 11 is 5.91. The van der Waals surface area contributed by atoms with Gasteiger partial charge >= 0.3 is 5.97 Å². The summed E-state index contributed by atoms with van der Waals surface area (Å²) in [5, 5.41) is 0.645. The predicted molar refractivity (Wildman–Crippen MR) is 98.5 cm³/mol. The van der Waals surface area contributed by atoms with Crippen molar-refractivity contribution < 1.29 is 9.53 Å². The fraction of sp³-hybridized carbons (Fsp3) is 0.389. The topological polar surface area (TPSA) is 58.6 Å². The van der Waals surface area contributed by atoms with Gasteiger partial charge in [-0.1, -0.05) is 11.6 Å². The Bertz CT molecular complexity index is 706. The van der Waals surface area contributed by atoms with E-state index in [2.05, 4.69) is 19.8 Å². The quantitative estimate of drug-likeness (QED) is 0.781. The van der Waals surface area contributed by atoms with Crippen LogP contribution in [0.5, 0.6) is 0 Å². The third kappa shape index (κ3) is 4.39. The lowest BCUT2D eigenvalue weighted by Gasteiger charge is -2.23. The van der Waals surface area contributed by atoms with Crippen LogP contribution in [0.3, 0.4) is 0 Å². The van der Waals surface area contributed by atoms with Crippen LogP contribution >= 0.6 is 11.6 Å². The molecule has 0 radical (unpaired) electrons. The molecule has 0 spiro atoms. The zero-order valence-corrected chi connectivity index (χ0v) is 14.9. The molecule has 0 atom stereocenters. The van der Waals surface area contributed by atoms with Gasteiger partial charge in [-0.05, 0) is 37.6 Å². The number of carbonyl (C=O) groups is 1. The molecule has 0 saturated carbocycles. The first-order valence-electron chi connectivity index (χ1n) is 8.42. The van der Waals surface area contributed by atoms with Crippen molar-refractivity contribution in [3.8, 4) is 0 Å². The summed E-state index contributed by atoms with van der Waals surface area (Å²) < 4.78 is 4.99. The summed E-state index contributed by atoms with van der Waals surface area (Å²) in [4.78, 5) is 25.0. The molecule has 2 aromatic rings. The van der Waals surface area contributed by atoms with Crippen LogP contribution in [0.1, 0.15) is 23.7 Å². The molecule has 25 heavy (non-hydrogen) atoms. The number of carbonyl (C=O) groups excluding carboxylic acids is 1. The molecule has 3 heterocycles. The van der Waals surface area contributed by atoms with Crippen LogP contribution in [0.25, 0.3) is 0 Å². The van der Waals surface area contributed by atoms with Gasteiger partial charge in [-0.25, -0.2) is 14.8 Å². The zero-order chi connectivity index (χ0) is 17.6. The van der Waals surface area contributed by atoms with Crippen LogP contribution in [0, 0.1) is 0 Å². The minimum absolute atomic E-state index is 0.336. The van der Waals surface area contributed by atoms with Gasteiger partial charge in [0.1, 0.15) is 11.6 Å². The fourth-order valence-corrected chi connectivity index (χ4v) is 2.95. The molecule has 1 aliphatic rings. The second-order valence-electron chi connectivity index (χ2n) is 5.79. The molecule has 0 aliphatic carbocycles. The molecule has 0 N–H and O–H groups in total. The molecule has 1 aliphatic heterocycles. The molecule has 0 bridgehead atoms. The predicted octanol–water partition coefficient (Wildman–Crippen LogP) is 3.02. The number of esters is 1. The van der Waals surface area contributed by atoms with Crippen molar-refractivity contribution in [3.05, 3.63) is 47.2 Å². The average Bonchev–Trinajstić information content (AvgIpc) is 2.89. The molecule has 1 saturated heterocycles. The number of hydrogen-bond acceptors (Lipinski definition) is 6. The molecule has 132 valence electrons. The molecule has 0 amide bonds. The van der Waals surface area contributed by atoms with Gasteiger partial charge in [-0.2, -0.15) is 0 Å². The van der Waals surface area contributed by atoms with E-state index in [9.17, 15) is 4.79 Å². The Morgan fingerprint density at radius 3 is 2.20 bits per heavy atom. The van der Waals surface area contributed by atoms with E-state index in [1.807, 2.05) is 18.2 Å². The molecule has 0 aromatic carbocycles. The lowest BCUT2D eigenvalue weighted by molar-refractivity contribution is 0.0526. The van der Waals surface area contributed by atoms with E-state index >= 15 is 0 Å². The number of ether oxygens (including phenoxy) is 1. The van der Waals surface area contributed by atoms with E-state index in [0.717, 1.165) is 44.2 Å². The van der Waals surface area contributed by atoms with Crippen molar-refractivity contribution in [2.75, 3.05) is 42.6 Å². The smallest absolute Gasteiger partial charge is 0.339 e. The van der Waals surface area contributed by atoms with Crippen molar-refractivity contribution in [1.29, 1.82) is 0 Å². The van der Waals surface area contributed by atoms with E-state index < -0.39 is 0 Å². The summed E-state index contributed by atoms with van der Waals surface area (Å²) in [6.45, 7) is 5.70. The molecule has 2 aromatic heterocycles. The van der Waals surface area contributed by atoms with Crippen molar-refractivity contribution >= 4 is 29.2 Å². The van der Waals surface area contributed by atoms with Crippen LogP contribution < -0.4 is 9.80 Å². The Morgan fingerprint density at radius 1 is 1.04 bits per heavy atom. The number of rotatable bonds is 4. The van der Waals surface area contributed by atoms with Gasteiger partial charge in [-0.15, -0.1) is 0 Å². The van der Waals surface area contributed by atoms with Gasteiger partial charge in [0.05, 0.1) is 17.2 Å². The highest BCUT2D eigenvalue weighted by molar-refractivity contribution is 6.30. The third-order valence-corrected chi connectivity index (χ3v) is 4.34. The fourth-order valence-electron chi connectivity index (χ4n) is 2.84. The first-order chi connectivity index (χ1) is 12.2. The Kier molecular flexibility index (Phi) is 5.71. The van der Waals surface area contributed by atoms with E-state index in [4.69, 9.17) is 16.3 Å². The zero-order valence-electron chi connectivity index (χ0n) is 14.2. The Balaban J connectivity index is 1.64. The Morgan fingerprint density at radius 2 is 1.68 bits per heavy atom. The van der Waals surface area contributed by atoms with Gasteiger partial charge in [0, 0.05) is 38.6 Å². The van der Waals surface area contributed by atoms with Gasteiger partial charge in [0.25, 0.3) is 0 Å².